The van der Waals surface area contributed by atoms with E-state index in [4.69, 9.17) is 0 Å². The van der Waals surface area contributed by atoms with Crippen LogP contribution in [0.2, 0.25) is 0 Å². The summed E-state index contributed by atoms with van der Waals surface area (Å²) in [7, 11) is 0. The van der Waals surface area contributed by atoms with Crippen molar-refractivity contribution in [1.82, 2.24) is 0 Å². The lowest BCUT2D eigenvalue weighted by atomic mass is 10.1. The van der Waals surface area contributed by atoms with Crippen LogP contribution < -0.4 is 5.32 Å². The highest BCUT2D eigenvalue weighted by Gasteiger charge is 2.03. The van der Waals surface area contributed by atoms with E-state index >= 15 is 0 Å². The summed E-state index contributed by atoms with van der Waals surface area (Å²) in [6.07, 6.45) is 1.83. The first-order valence-corrected chi connectivity index (χ1v) is 9.75. The fourth-order valence-electron chi connectivity index (χ4n) is 3.40. The molecule has 29 heavy (non-hydrogen) atoms. The molecule has 1 N–H and O–H groups in total. The highest BCUT2D eigenvalue weighted by molar-refractivity contribution is 6.00. The van der Waals surface area contributed by atoms with Gasteiger partial charge >= 0.3 is 0 Å². The summed E-state index contributed by atoms with van der Waals surface area (Å²) in [5.41, 5.74) is 3.46. The Morgan fingerprint density at radius 3 is 1.41 bits per heavy atom. The molecule has 5 aromatic carbocycles. The van der Waals surface area contributed by atoms with Crippen molar-refractivity contribution < 1.29 is 0 Å². The van der Waals surface area contributed by atoms with Gasteiger partial charge in [0, 0.05) is 22.1 Å². The molecular formula is C28H23N. The molecule has 5 rings (SSSR count). The van der Waals surface area contributed by atoms with Crippen molar-refractivity contribution in [1.29, 1.82) is 0 Å². The summed E-state index contributed by atoms with van der Waals surface area (Å²) >= 11 is 0. The van der Waals surface area contributed by atoms with Crippen molar-refractivity contribution in [3.63, 3.8) is 0 Å². The molecule has 1 nitrogen and oxygen atoms in total. The van der Waals surface area contributed by atoms with Gasteiger partial charge in [-0.2, -0.15) is 0 Å². The van der Waals surface area contributed by atoms with Crippen LogP contribution in [0, 0.1) is 0 Å². The van der Waals surface area contributed by atoms with Gasteiger partial charge in [0.15, 0.2) is 0 Å². The highest BCUT2D eigenvalue weighted by atomic mass is 14.9. The van der Waals surface area contributed by atoms with E-state index in [1.165, 1.54) is 27.1 Å². The lowest BCUT2D eigenvalue weighted by Crippen LogP contribution is -1.92. The van der Waals surface area contributed by atoms with E-state index < -0.39 is 0 Å². The molecule has 0 saturated carbocycles. The minimum absolute atomic E-state index is 1.14. The number of hydrogen-bond acceptors (Lipinski definition) is 1. The van der Waals surface area contributed by atoms with Gasteiger partial charge in [-0.25, -0.2) is 0 Å². The predicted octanol–water partition coefficient (Wildman–Crippen LogP) is 8.07. The first kappa shape index (κ1) is 18.5. The van der Waals surface area contributed by atoms with Gasteiger partial charge in [0.1, 0.15) is 0 Å². The van der Waals surface area contributed by atoms with Gasteiger partial charge in [0.25, 0.3) is 0 Å². The quantitative estimate of drug-likeness (QED) is 0.337. The van der Waals surface area contributed by atoms with E-state index in [2.05, 4.69) is 96.8 Å². The average Bonchev–Trinajstić information content (AvgIpc) is 2.80. The van der Waals surface area contributed by atoms with Crippen LogP contribution in [0.1, 0.15) is 5.56 Å². The lowest BCUT2D eigenvalue weighted by molar-refractivity contribution is 1.61. The van der Waals surface area contributed by atoms with Crippen LogP contribution in [-0.2, 0) is 0 Å². The minimum Gasteiger partial charge on any atom is -0.355 e. The largest absolute Gasteiger partial charge is 0.355 e. The van der Waals surface area contributed by atoms with Gasteiger partial charge in [0.2, 0.25) is 0 Å². The van der Waals surface area contributed by atoms with Crippen LogP contribution in [0.15, 0.2) is 122 Å². The Labute approximate surface area is 172 Å². The second-order valence-electron chi connectivity index (χ2n) is 6.79. The summed E-state index contributed by atoms with van der Waals surface area (Å²) in [6, 6.07) is 39.7. The van der Waals surface area contributed by atoms with Gasteiger partial charge < -0.3 is 5.32 Å². The molecule has 0 saturated heterocycles. The van der Waals surface area contributed by atoms with Crippen LogP contribution in [0.4, 0.5) is 11.4 Å². The molecule has 0 unspecified atom stereocenters. The standard InChI is InChI=1S/C20H15N.C8H8/c1-3-11-17-15(7-1)9-5-13-19(17)21-20-14-6-10-16-8-2-4-12-18(16)20;1-2-8-6-4-3-5-7-8/h1-14,21H;2-7H,1H2. The van der Waals surface area contributed by atoms with Crippen LogP contribution in [0.5, 0.6) is 0 Å². The minimum atomic E-state index is 1.14. The molecule has 0 amide bonds. The van der Waals surface area contributed by atoms with E-state index in [1.807, 2.05) is 36.4 Å². The monoisotopic (exact) mass is 373 g/mol. The maximum absolute atomic E-state index is 3.63. The number of benzene rings is 5. The molecule has 0 atom stereocenters. The number of hydrogen-bond donors (Lipinski definition) is 1. The zero-order chi connectivity index (χ0) is 19.9. The summed E-state index contributed by atoms with van der Waals surface area (Å²) < 4.78 is 0. The molecule has 0 heterocycles. The molecule has 0 aliphatic carbocycles. The topological polar surface area (TPSA) is 12.0 Å². The Kier molecular flexibility index (Phi) is 5.68. The van der Waals surface area contributed by atoms with Crippen molar-refractivity contribution >= 4 is 39.0 Å². The summed E-state index contributed by atoms with van der Waals surface area (Å²) in [6.45, 7) is 3.63. The fraction of sp³-hybridized carbons (Fsp3) is 0. The lowest BCUT2D eigenvalue weighted by Gasteiger charge is -2.12. The Morgan fingerprint density at radius 2 is 0.931 bits per heavy atom. The van der Waals surface area contributed by atoms with E-state index in [9.17, 15) is 0 Å². The average molecular weight is 373 g/mol. The van der Waals surface area contributed by atoms with Gasteiger partial charge in [-0.3, -0.25) is 0 Å². The van der Waals surface area contributed by atoms with Crippen molar-refractivity contribution in [3.8, 4) is 0 Å². The van der Waals surface area contributed by atoms with Crippen LogP contribution >= 0.6 is 0 Å². The number of rotatable bonds is 3. The Morgan fingerprint density at radius 1 is 0.483 bits per heavy atom. The Hall–Kier alpha value is -3.84. The molecule has 0 fully saturated rings. The third-order valence-electron chi connectivity index (χ3n) is 4.88. The number of fused-ring (bicyclic) bond motifs is 2. The Bertz CT molecular complexity index is 1150. The second kappa shape index (κ2) is 8.90. The molecule has 5 aromatic rings. The normalized spacial score (nSPS) is 10.2. The second-order valence-corrected chi connectivity index (χ2v) is 6.79. The van der Waals surface area contributed by atoms with Crippen LogP contribution in [0.25, 0.3) is 27.6 Å². The molecule has 140 valence electrons. The van der Waals surface area contributed by atoms with E-state index in [0.29, 0.717) is 0 Å². The van der Waals surface area contributed by atoms with Crippen molar-refractivity contribution in [2.24, 2.45) is 0 Å². The first-order valence-electron chi connectivity index (χ1n) is 9.75. The van der Waals surface area contributed by atoms with Gasteiger partial charge in [-0.05, 0) is 28.5 Å². The smallest absolute Gasteiger partial charge is 0.0464 e. The summed E-state index contributed by atoms with van der Waals surface area (Å²) in [4.78, 5) is 0. The van der Waals surface area contributed by atoms with Crippen LogP contribution in [-0.4, -0.2) is 0 Å². The molecular weight excluding hydrogens is 350 g/mol. The first-order chi connectivity index (χ1) is 14.3. The zero-order valence-corrected chi connectivity index (χ0v) is 16.3. The maximum Gasteiger partial charge on any atom is 0.0464 e. The Balaban J connectivity index is 0.000000216. The van der Waals surface area contributed by atoms with Crippen molar-refractivity contribution in [2.75, 3.05) is 5.32 Å². The SMILES string of the molecule is C=Cc1ccccc1.c1ccc2c(Nc3cccc4ccccc34)cccc2c1. The molecule has 0 aliphatic heterocycles. The molecule has 0 aromatic heterocycles. The van der Waals surface area contributed by atoms with Gasteiger partial charge in [-0.15, -0.1) is 0 Å². The molecule has 0 bridgehead atoms. The highest BCUT2D eigenvalue weighted by Crippen LogP contribution is 2.30. The zero-order valence-electron chi connectivity index (χ0n) is 16.3. The van der Waals surface area contributed by atoms with Gasteiger partial charge in [0.05, 0.1) is 0 Å². The van der Waals surface area contributed by atoms with Crippen molar-refractivity contribution in [2.45, 2.75) is 0 Å². The van der Waals surface area contributed by atoms with Gasteiger partial charge in [-0.1, -0.05) is 116 Å². The van der Waals surface area contributed by atoms with E-state index in [-0.39, 0.29) is 0 Å². The predicted molar refractivity (Wildman–Crippen MR) is 128 cm³/mol. The fourth-order valence-corrected chi connectivity index (χ4v) is 3.40. The number of anilines is 2. The summed E-state index contributed by atoms with van der Waals surface area (Å²) in [5, 5.41) is 8.58. The molecule has 0 spiro atoms. The van der Waals surface area contributed by atoms with Crippen LogP contribution in [0.3, 0.4) is 0 Å². The van der Waals surface area contributed by atoms with E-state index in [1.54, 1.807) is 0 Å². The third-order valence-corrected chi connectivity index (χ3v) is 4.88. The molecule has 1 heteroatoms. The third kappa shape index (κ3) is 4.36. The molecule has 0 radical (unpaired) electrons. The molecule has 0 aliphatic rings. The van der Waals surface area contributed by atoms with E-state index in [0.717, 1.165) is 11.4 Å². The van der Waals surface area contributed by atoms with Crippen molar-refractivity contribution in [3.05, 3.63) is 127 Å². The number of nitrogens with one attached hydrogen (secondary N) is 1. The maximum atomic E-state index is 3.63. The summed E-state index contributed by atoms with van der Waals surface area (Å²) in [5.74, 6) is 0.